The third kappa shape index (κ3) is 5.88. The van der Waals surface area contributed by atoms with Gasteiger partial charge >= 0.3 is 0 Å². The molecule has 0 spiro atoms. The summed E-state index contributed by atoms with van der Waals surface area (Å²) in [6.07, 6.45) is 12.7. The molecule has 3 aromatic rings. The van der Waals surface area contributed by atoms with E-state index in [-0.39, 0.29) is 16.9 Å². The Labute approximate surface area is 287 Å². The number of nitrogens with zero attached hydrogens (tertiary/aromatic N) is 2. The average Bonchev–Trinajstić information content (AvgIpc) is 3.09. The van der Waals surface area contributed by atoms with Crippen LogP contribution in [0.3, 0.4) is 0 Å². The molecule has 3 aliphatic heterocycles. The minimum absolute atomic E-state index is 0.0438. The van der Waals surface area contributed by atoms with Crippen LogP contribution in [0.5, 0.6) is 5.75 Å². The molecule has 2 aromatic carbocycles. The molecule has 47 heavy (non-hydrogen) atoms. The molecule has 5 nitrogen and oxygen atoms in total. The number of ether oxygens (including phenoxy) is 1. The molecule has 4 fully saturated rings. The van der Waals surface area contributed by atoms with Gasteiger partial charge in [0.2, 0.25) is 0 Å². The maximum Gasteiger partial charge on any atom is 0.166 e. The zero-order valence-corrected chi connectivity index (χ0v) is 30.0. The van der Waals surface area contributed by atoms with Crippen molar-refractivity contribution in [2.75, 3.05) is 26.7 Å². The lowest BCUT2D eigenvalue weighted by molar-refractivity contribution is 0.00407. The van der Waals surface area contributed by atoms with Crippen LogP contribution < -0.4 is 15.4 Å². The number of pyridine rings is 1. The number of fused-ring (bicyclic) bond motifs is 7. The van der Waals surface area contributed by atoms with Gasteiger partial charge in [-0.05, 0) is 138 Å². The third-order valence-corrected chi connectivity index (χ3v) is 13.2. The van der Waals surface area contributed by atoms with E-state index in [4.69, 9.17) is 21.9 Å². The van der Waals surface area contributed by atoms with Crippen molar-refractivity contribution in [2.45, 2.75) is 96.1 Å². The van der Waals surface area contributed by atoms with Gasteiger partial charge in [0, 0.05) is 30.7 Å². The zero-order chi connectivity index (χ0) is 32.9. The van der Waals surface area contributed by atoms with E-state index in [9.17, 15) is 0 Å². The molecule has 3 unspecified atom stereocenters. The lowest BCUT2D eigenvalue weighted by Gasteiger charge is -2.56. The maximum absolute atomic E-state index is 6.20. The lowest BCUT2D eigenvalue weighted by atomic mass is 9.49. The molecule has 2 bridgehead atoms. The number of thiocarbonyl (C=S) groups is 1. The fourth-order valence-corrected chi connectivity index (χ4v) is 10.5. The van der Waals surface area contributed by atoms with Crippen LogP contribution in [0.1, 0.15) is 100 Å². The Balaban J connectivity index is 1.14. The summed E-state index contributed by atoms with van der Waals surface area (Å²) in [5.74, 6) is 3.28. The second-order valence-corrected chi connectivity index (χ2v) is 16.3. The van der Waals surface area contributed by atoms with E-state index >= 15 is 0 Å². The molecule has 8 rings (SSSR count). The molecule has 4 heterocycles. The predicted octanol–water partition coefficient (Wildman–Crippen LogP) is 8.48. The quantitative estimate of drug-likeness (QED) is 0.188. The van der Waals surface area contributed by atoms with Crippen LogP contribution in [-0.2, 0) is 11.8 Å². The summed E-state index contributed by atoms with van der Waals surface area (Å²) < 4.78 is 5.66. The second-order valence-electron chi connectivity index (χ2n) is 15.9. The molecular formula is C41H54N4OS. The van der Waals surface area contributed by atoms with Crippen LogP contribution in [0, 0.1) is 23.2 Å². The zero-order valence-electron chi connectivity index (χ0n) is 29.1. The summed E-state index contributed by atoms with van der Waals surface area (Å²) >= 11 is 6.20. The van der Waals surface area contributed by atoms with Crippen molar-refractivity contribution in [3.63, 3.8) is 0 Å². The molecule has 1 aromatic heterocycles. The van der Waals surface area contributed by atoms with Crippen molar-refractivity contribution in [2.24, 2.45) is 23.2 Å². The highest BCUT2D eigenvalue weighted by Gasteiger charge is 2.52. The van der Waals surface area contributed by atoms with Crippen LogP contribution in [0.15, 0.2) is 61.3 Å². The van der Waals surface area contributed by atoms with E-state index in [0.717, 1.165) is 47.8 Å². The number of benzene rings is 2. The van der Waals surface area contributed by atoms with Gasteiger partial charge in [-0.15, -0.1) is 6.58 Å². The summed E-state index contributed by atoms with van der Waals surface area (Å²) in [4.78, 5) is 7.40. The van der Waals surface area contributed by atoms with Gasteiger partial charge in [-0.3, -0.25) is 9.88 Å². The first-order chi connectivity index (χ1) is 22.6. The van der Waals surface area contributed by atoms with E-state index < -0.39 is 0 Å². The molecule has 0 amide bonds. The Bertz CT molecular complexity index is 1650. The third-order valence-electron chi connectivity index (χ3n) is 13.0. The van der Waals surface area contributed by atoms with E-state index in [0.29, 0.717) is 29.7 Å². The molecule has 250 valence electrons. The predicted molar refractivity (Wildman–Crippen MR) is 198 cm³/mol. The Morgan fingerprint density at radius 3 is 2.74 bits per heavy atom. The Morgan fingerprint density at radius 1 is 1.15 bits per heavy atom. The van der Waals surface area contributed by atoms with Crippen molar-refractivity contribution < 1.29 is 4.74 Å². The lowest BCUT2D eigenvalue weighted by Crippen LogP contribution is -2.59. The van der Waals surface area contributed by atoms with Gasteiger partial charge in [0.1, 0.15) is 5.75 Å². The fourth-order valence-electron chi connectivity index (χ4n) is 10.3. The van der Waals surface area contributed by atoms with Gasteiger partial charge < -0.3 is 15.4 Å². The van der Waals surface area contributed by atoms with Crippen molar-refractivity contribution in [1.29, 1.82) is 0 Å². The number of aromatic nitrogens is 1. The SMILES string of the molecule is C=CC1CN2CC[C@@H]1CC2[C@H](NC(=S)NC[C@]1(C)CCC[C@]2(C)c3ccc(C(C)C)cc3CC[C@@H]12)c1ccnc2ccc(OC)cc12. The summed E-state index contributed by atoms with van der Waals surface area (Å²) in [6, 6.07) is 16.2. The van der Waals surface area contributed by atoms with Crippen molar-refractivity contribution in [3.8, 4) is 5.75 Å². The highest BCUT2D eigenvalue weighted by molar-refractivity contribution is 7.80. The van der Waals surface area contributed by atoms with Crippen LogP contribution >= 0.6 is 12.2 Å². The summed E-state index contributed by atoms with van der Waals surface area (Å²) in [5, 5.41) is 9.61. The van der Waals surface area contributed by atoms with Crippen LogP contribution in [-0.4, -0.2) is 47.8 Å². The van der Waals surface area contributed by atoms with Crippen LogP contribution in [0.4, 0.5) is 0 Å². The van der Waals surface area contributed by atoms with Crippen molar-refractivity contribution >= 4 is 28.2 Å². The topological polar surface area (TPSA) is 49.4 Å². The van der Waals surface area contributed by atoms with E-state index in [1.54, 1.807) is 18.2 Å². The van der Waals surface area contributed by atoms with Gasteiger partial charge in [0.25, 0.3) is 0 Å². The molecule has 1 saturated carbocycles. The summed E-state index contributed by atoms with van der Waals surface area (Å²) in [6.45, 7) is 17.0. The van der Waals surface area contributed by atoms with Gasteiger partial charge in [-0.25, -0.2) is 0 Å². The Kier molecular flexibility index (Phi) is 8.88. The number of nitrogens with one attached hydrogen (secondary N) is 2. The smallest absolute Gasteiger partial charge is 0.166 e. The second kappa shape index (κ2) is 12.8. The van der Waals surface area contributed by atoms with Gasteiger partial charge in [-0.1, -0.05) is 58.4 Å². The van der Waals surface area contributed by atoms with Gasteiger partial charge in [0.15, 0.2) is 5.11 Å². The normalized spacial score (nSPS) is 31.9. The number of hydrogen-bond acceptors (Lipinski definition) is 4. The number of rotatable bonds is 8. The first kappa shape index (κ1) is 32.6. The maximum atomic E-state index is 6.20. The first-order valence-corrected chi connectivity index (χ1v) is 18.5. The number of aryl methyl sites for hydroxylation is 1. The number of methoxy groups -OCH3 is 1. The molecule has 3 saturated heterocycles. The highest BCUT2D eigenvalue weighted by Crippen LogP contribution is 2.57. The number of piperidine rings is 3. The fraction of sp³-hybridized carbons (Fsp3) is 0.561. The van der Waals surface area contributed by atoms with E-state index in [1.165, 1.54) is 49.7 Å². The first-order valence-electron chi connectivity index (χ1n) is 18.1. The van der Waals surface area contributed by atoms with Gasteiger partial charge in [0.05, 0.1) is 18.7 Å². The molecule has 2 N–H and O–H groups in total. The largest absolute Gasteiger partial charge is 0.497 e. The molecule has 2 aliphatic carbocycles. The standard InChI is InChI=1S/C41H54N4OS/c1-7-27-24-45-20-16-29(27)22-36(45)38(32-15-19-42-35-13-11-31(46-6)23-33(32)35)44-39(47)43-25-40(4)17-8-18-41(5)34-12-9-28(26(2)3)21-30(34)10-14-37(40)41/h7,9,11-13,15,19,21,23,26-27,29,36-38H,1,8,10,14,16-18,20,22,24-25H2,2-6H3,(H2,43,44,47)/t27?,29-,36?,37+,38-,40+,41-/m1/s1. The van der Waals surface area contributed by atoms with Crippen LogP contribution in [0.25, 0.3) is 10.9 Å². The molecule has 8 atom stereocenters. The Morgan fingerprint density at radius 2 is 2.00 bits per heavy atom. The monoisotopic (exact) mass is 650 g/mol. The van der Waals surface area contributed by atoms with E-state index in [2.05, 4.69) is 92.3 Å². The minimum atomic E-state index is 0.0438. The molecule has 6 heteroatoms. The summed E-state index contributed by atoms with van der Waals surface area (Å²) in [7, 11) is 1.73. The number of hydrogen-bond donors (Lipinski definition) is 2. The average molecular weight is 651 g/mol. The van der Waals surface area contributed by atoms with E-state index in [1.807, 2.05) is 12.3 Å². The Hall–Kier alpha value is -2.96. The van der Waals surface area contributed by atoms with Gasteiger partial charge in [-0.2, -0.15) is 0 Å². The molecule has 5 aliphatic rings. The van der Waals surface area contributed by atoms with Crippen LogP contribution in [0.2, 0.25) is 0 Å². The molecular weight excluding hydrogens is 597 g/mol. The summed E-state index contributed by atoms with van der Waals surface area (Å²) in [5.41, 5.74) is 7.27. The van der Waals surface area contributed by atoms with Crippen molar-refractivity contribution in [1.82, 2.24) is 20.5 Å². The minimum Gasteiger partial charge on any atom is -0.497 e. The molecule has 0 radical (unpaired) electrons. The highest BCUT2D eigenvalue weighted by atomic mass is 32.1. The van der Waals surface area contributed by atoms with Crippen molar-refractivity contribution in [3.05, 3.63) is 83.6 Å².